The molecule has 0 spiro atoms. The number of nitrogens with zero attached hydrogens (tertiary/aromatic N) is 1. The van der Waals surface area contributed by atoms with E-state index in [9.17, 15) is 0 Å². The average molecular weight is 244 g/mol. The zero-order chi connectivity index (χ0) is 11.3. The number of aromatic nitrogens is 1. The molecule has 0 unspecified atom stereocenters. The van der Waals surface area contributed by atoms with Gasteiger partial charge in [0.15, 0.2) is 0 Å². The number of rotatable bonds is 2. The molecule has 6 heteroatoms. The first-order chi connectivity index (χ1) is 7.08. The highest BCUT2D eigenvalue weighted by Crippen LogP contribution is 2.10. The minimum absolute atomic E-state index is 0.0115. The molecule has 0 saturated carbocycles. The number of hydrogen-bond acceptors (Lipinski definition) is 5. The second-order valence-electron chi connectivity index (χ2n) is 2.72. The smallest absolute Gasteiger partial charge is 0.249 e. The van der Waals surface area contributed by atoms with Crippen molar-refractivity contribution in [3.05, 3.63) is 29.0 Å². The summed E-state index contributed by atoms with van der Waals surface area (Å²) in [5.41, 5.74) is 0.840. The molecule has 2 N–H and O–H groups in total. The van der Waals surface area contributed by atoms with Crippen LogP contribution in [0.1, 0.15) is 12.5 Å². The Labute approximate surface area is 97.0 Å². The first-order valence-electron chi connectivity index (χ1n) is 4.12. The van der Waals surface area contributed by atoms with Crippen LogP contribution in [-0.4, -0.2) is 15.3 Å². The molecule has 0 saturated heterocycles. The molecule has 0 fully saturated rings. The number of ether oxygens (including phenoxy) is 1. The number of pyridine rings is 1. The second kappa shape index (κ2) is 5.72. The second-order valence-corrected chi connectivity index (χ2v) is 4.30. The molecule has 0 aliphatic heterocycles. The number of hydrogen-bond donors (Lipinski definition) is 2. The third kappa shape index (κ3) is 4.80. The van der Waals surface area contributed by atoms with Gasteiger partial charge in [-0.2, -0.15) is 0 Å². The van der Waals surface area contributed by atoms with E-state index in [4.69, 9.17) is 27.2 Å². The van der Waals surface area contributed by atoms with Crippen LogP contribution < -0.4 is 0 Å². The fourth-order valence-corrected chi connectivity index (χ4v) is 1.32. The van der Waals surface area contributed by atoms with Gasteiger partial charge in [0.2, 0.25) is 5.23 Å². The van der Waals surface area contributed by atoms with Gasteiger partial charge in [0.05, 0.1) is 5.04 Å². The van der Waals surface area contributed by atoms with Crippen LogP contribution in [0.25, 0.3) is 0 Å². The molecule has 1 aromatic rings. The predicted molar refractivity (Wildman–Crippen MR) is 62.8 cm³/mol. The van der Waals surface area contributed by atoms with E-state index in [1.165, 1.54) is 0 Å². The molecule has 80 valence electrons. The van der Waals surface area contributed by atoms with Gasteiger partial charge < -0.3 is 4.74 Å². The van der Waals surface area contributed by atoms with E-state index in [0.29, 0.717) is 10.2 Å². The predicted octanol–water partition coefficient (Wildman–Crippen LogP) is 2.92. The minimum atomic E-state index is 0.0115. The van der Waals surface area contributed by atoms with E-state index in [1.807, 2.05) is 0 Å². The number of thioether (sulfide) groups is 1. The van der Waals surface area contributed by atoms with Gasteiger partial charge in [-0.1, -0.05) is 17.7 Å². The summed E-state index contributed by atoms with van der Waals surface area (Å²) >= 11 is 6.59. The Morgan fingerprint density at radius 3 is 2.80 bits per heavy atom. The van der Waals surface area contributed by atoms with E-state index >= 15 is 0 Å². The lowest BCUT2D eigenvalue weighted by Gasteiger charge is -2.05. The Hall–Kier alpha value is -1.07. The van der Waals surface area contributed by atoms with Gasteiger partial charge in [-0.05, 0) is 24.8 Å². The molecule has 0 aromatic carbocycles. The van der Waals surface area contributed by atoms with Crippen molar-refractivity contribution in [2.75, 3.05) is 0 Å². The standard InChI is InChI=1S/C9H10ClN3OS/c1-6(11)15-9(12)14-5-7-2-3-8(10)13-4-7/h2-4,11-12H,5H2,1H3. The van der Waals surface area contributed by atoms with Crippen LogP contribution in [0.4, 0.5) is 0 Å². The Balaban J connectivity index is 2.40. The minimum Gasteiger partial charge on any atom is -0.468 e. The topological polar surface area (TPSA) is 69.8 Å². The highest BCUT2D eigenvalue weighted by molar-refractivity contribution is 8.26. The number of halogens is 1. The highest BCUT2D eigenvalue weighted by Gasteiger charge is 2.01. The Morgan fingerprint density at radius 1 is 1.53 bits per heavy atom. The lowest BCUT2D eigenvalue weighted by Crippen LogP contribution is -2.01. The van der Waals surface area contributed by atoms with E-state index < -0.39 is 0 Å². The van der Waals surface area contributed by atoms with Crippen molar-refractivity contribution in [2.45, 2.75) is 13.5 Å². The molecule has 0 atom stereocenters. The van der Waals surface area contributed by atoms with Crippen LogP contribution in [0.15, 0.2) is 18.3 Å². The molecular formula is C9H10ClN3OS. The molecule has 15 heavy (non-hydrogen) atoms. The third-order valence-corrected chi connectivity index (χ3v) is 2.24. The molecule has 1 aromatic heterocycles. The fraction of sp³-hybridized carbons (Fsp3) is 0.222. The van der Waals surface area contributed by atoms with Crippen LogP contribution >= 0.6 is 23.4 Å². The van der Waals surface area contributed by atoms with E-state index in [2.05, 4.69) is 4.98 Å². The third-order valence-electron chi connectivity index (χ3n) is 1.40. The Morgan fingerprint density at radius 2 is 2.27 bits per heavy atom. The van der Waals surface area contributed by atoms with Crippen LogP contribution in [-0.2, 0) is 11.3 Å². The zero-order valence-corrected chi connectivity index (χ0v) is 9.65. The van der Waals surface area contributed by atoms with Crippen LogP contribution in [0.3, 0.4) is 0 Å². The van der Waals surface area contributed by atoms with Gasteiger partial charge in [0, 0.05) is 11.8 Å². The first-order valence-corrected chi connectivity index (χ1v) is 5.32. The van der Waals surface area contributed by atoms with Crippen molar-refractivity contribution in [1.29, 1.82) is 10.8 Å². The van der Waals surface area contributed by atoms with Crippen LogP contribution in [0.2, 0.25) is 5.15 Å². The van der Waals surface area contributed by atoms with E-state index in [1.54, 1.807) is 25.3 Å². The van der Waals surface area contributed by atoms with Crippen molar-refractivity contribution in [1.82, 2.24) is 4.98 Å². The van der Waals surface area contributed by atoms with Crippen molar-refractivity contribution in [3.63, 3.8) is 0 Å². The molecule has 1 heterocycles. The molecule has 0 aliphatic rings. The highest BCUT2D eigenvalue weighted by atomic mass is 35.5. The van der Waals surface area contributed by atoms with E-state index in [0.717, 1.165) is 17.3 Å². The molecule has 1 rings (SSSR count). The maximum Gasteiger partial charge on any atom is 0.249 e. The monoisotopic (exact) mass is 243 g/mol. The lowest BCUT2D eigenvalue weighted by atomic mass is 10.3. The lowest BCUT2D eigenvalue weighted by molar-refractivity contribution is 0.300. The summed E-state index contributed by atoms with van der Waals surface area (Å²) in [6.07, 6.45) is 1.59. The van der Waals surface area contributed by atoms with Gasteiger partial charge in [-0.25, -0.2) is 4.98 Å². The quantitative estimate of drug-likeness (QED) is 0.477. The van der Waals surface area contributed by atoms with Gasteiger partial charge in [-0.15, -0.1) is 0 Å². The largest absolute Gasteiger partial charge is 0.468 e. The van der Waals surface area contributed by atoms with Gasteiger partial charge >= 0.3 is 0 Å². The summed E-state index contributed by atoms with van der Waals surface area (Å²) in [7, 11) is 0. The Kier molecular flexibility index (Phi) is 4.58. The molecule has 0 amide bonds. The normalized spacial score (nSPS) is 9.73. The van der Waals surface area contributed by atoms with Gasteiger partial charge in [0.25, 0.3) is 0 Å². The average Bonchev–Trinajstić information content (AvgIpc) is 2.16. The first kappa shape index (κ1) is 12.0. The van der Waals surface area contributed by atoms with Crippen molar-refractivity contribution < 1.29 is 4.74 Å². The van der Waals surface area contributed by atoms with Crippen LogP contribution in [0, 0.1) is 10.8 Å². The van der Waals surface area contributed by atoms with E-state index in [-0.39, 0.29) is 11.8 Å². The summed E-state index contributed by atoms with van der Waals surface area (Å²) in [6, 6.07) is 3.45. The molecule has 0 bridgehead atoms. The van der Waals surface area contributed by atoms with Crippen molar-refractivity contribution >= 4 is 33.6 Å². The molecule has 0 radical (unpaired) electrons. The SMILES string of the molecule is CC(=N)SC(=N)OCc1ccc(Cl)nc1. The van der Waals surface area contributed by atoms with Crippen LogP contribution in [0.5, 0.6) is 0 Å². The molecule has 4 nitrogen and oxygen atoms in total. The fourth-order valence-electron chi connectivity index (χ4n) is 0.809. The van der Waals surface area contributed by atoms with Crippen molar-refractivity contribution in [3.8, 4) is 0 Å². The zero-order valence-electron chi connectivity index (χ0n) is 8.08. The number of nitrogens with one attached hydrogen (secondary N) is 2. The summed E-state index contributed by atoms with van der Waals surface area (Å²) in [4.78, 5) is 3.88. The molecule has 0 aliphatic carbocycles. The Bertz CT molecular complexity index is 366. The summed E-state index contributed by atoms with van der Waals surface area (Å²) in [5, 5.41) is 15.3. The summed E-state index contributed by atoms with van der Waals surface area (Å²) < 4.78 is 5.10. The maximum atomic E-state index is 7.36. The van der Waals surface area contributed by atoms with Gasteiger partial charge in [-0.3, -0.25) is 10.8 Å². The summed E-state index contributed by atoms with van der Waals surface area (Å²) in [6.45, 7) is 1.87. The van der Waals surface area contributed by atoms with Crippen molar-refractivity contribution in [2.24, 2.45) is 0 Å². The summed E-state index contributed by atoms with van der Waals surface area (Å²) in [5.74, 6) is 0. The molecular weight excluding hydrogens is 234 g/mol. The maximum absolute atomic E-state index is 7.36. The van der Waals surface area contributed by atoms with Gasteiger partial charge in [0.1, 0.15) is 11.8 Å².